The van der Waals surface area contributed by atoms with Gasteiger partial charge in [-0.05, 0) is 40.6 Å². The zero-order chi connectivity index (χ0) is 9.84. The number of hydrogen-bond donors (Lipinski definition) is 0. The molecule has 0 radical (unpaired) electrons. The number of hydrogen-bond acceptors (Lipinski definition) is 2. The van der Waals surface area contributed by atoms with E-state index in [1.54, 1.807) is 0 Å². The summed E-state index contributed by atoms with van der Waals surface area (Å²) in [5.74, 6) is 0. The van der Waals surface area contributed by atoms with Gasteiger partial charge < -0.3 is 0 Å². The minimum absolute atomic E-state index is 0.436. The summed E-state index contributed by atoms with van der Waals surface area (Å²) in [5, 5.41) is 10.2. The molecule has 0 aromatic heterocycles. The Morgan fingerprint density at radius 3 is 2.69 bits per heavy atom. The Morgan fingerprint density at radius 2 is 2.15 bits per heavy atom. The van der Waals surface area contributed by atoms with Crippen molar-refractivity contribution in [2.24, 2.45) is 0 Å². The quantitative estimate of drug-likeness (QED) is 0.477. The van der Waals surface area contributed by atoms with Crippen LogP contribution in [0.3, 0.4) is 0 Å². The first-order valence-corrected chi connectivity index (χ1v) is 4.76. The standard InChI is InChI=1S/C9H8INO2/c1-7-4-2-3-5-8(7)9(10)6-11(12)13/h2-6H,1H3/b9-6-. The SMILES string of the molecule is Cc1ccccc1/C(I)=C/[N+](=O)[O-]. The molecule has 3 nitrogen and oxygen atoms in total. The van der Waals surface area contributed by atoms with Crippen molar-refractivity contribution in [3.63, 3.8) is 0 Å². The monoisotopic (exact) mass is 289 g/mol. The highest BCUT2D eigenvalue weighted by Crippen LogP contribution is 2.24. The topological polar surface area (TPSA) is 43.1 Å². The van der Waals surface area contributed by atoms with E-state index < -0.39 is 4.92 Å². The third kappa shape index (κ3) is 2.80. The molecule has 4 heteroatoms. The molecule has 0 bridgehead atoms. The second-order valence-corrected chi connectivity index (χ2v) is 3.74. The van der Waals surface area contributed by atoms with Crippen molar-refractivity contribution >= 4 is 26.2 Å². The van der Waals surface area contributed by atoms with Crippen LogP contribution in [0.2, 0.25) is 0 Å². The first-order valence-electron chi connectivity index (χ1n) is 3.68. The van der Waals surface area contributed by atoms with Gasteiger partial charge in [0.1, 0.15) is 0 Å². The zero-order valence-electron chi connectivity index (χ0n) is 7.03. The van der Waals surface area contributed by atoms with Gasteiger partial charge in [-0.25, -0.2) is 0 Å². The number of benzene rings is 1. The first kappa shape index (κ1) is 10.2. The van der Waals surface area contributed by atoms with Crippen LogP contribution >= 0.6 is 22.6 Å². The van der Waals surface area contributed by atoms with Crippen LogP contribution in [0.4, 0.5) is 0 Å². The molecule has 0 N–H and O–H groups in total. The summed E-state index contributed by atoms with van der Waals surface area (Å²) in [6.45, 7) is 1.93. The number of nitrogens with zero attached hydrogens (tertiary/aromatic N) is 1. The number of nitro groups is 1. The zero-order valence-corrected chi connectivity index (χ0v) is 9.19. The fraction of sp³-hybridized carbons (Fsp3) is 0.111. The number of halogens is 1. The van der Waals surface area contributed by atoms with Gasteiger partial charge in [0.25, 0.3) is 0 Å². The van der Waals surface area contributed by atoms with Gasteiger partial charge in [-0.2, -0.15) is 0 Å². The molecule has 0 saturated heterocycles. The first-order chi connectivity index (χ1) is 6.11. The molecule has 1 aromatic rings. The van der Waals surface area contributed by atoms with Crippen LogP contribution in [0.25, 0.3) is 3.58 Å². The smallest absolute Gasteiger partial charge is 0.248 e. The average Bonchev–Trinajstić information content (AvgIpc) is 2.03. The van der Waals surface area contributed by atoms with Crippen molar-refractivity contribution in [1.82, 2.24) is 0 Å². The highest BCUT2D eigenvalue weighted by Gasteiger charge is 2.04. The maximum Gasteiger partial charge on any atom is 0.248 e. The lowest BCUT2D eigenvalue weighted by Gasteiger charge is -2.00. The predicted octanol–water partition coefficient (Wildman–Crippen LogP) is 3.01. The fourth-order valence-corrected chi connectivity index (χ4v) is 1.84. The molecule has 0 aliphatic heterocycles. The van der Waals surface area contributed by atoms with Crippen molar-refractivity contribution in [1.29, 1.82) is 0 Å². The lowest BCUT2D eigenvalue weighted by Crippen LogP contribution is -1.88. The summed E-state index contributed by atoms with van der Waals surface area (Å²) >= 11 is 1.97. The Kier molecular flexibility index (Phi) is 3.41. The Labute approximate surface area is 89.8 Å². The van der Waals surface area contributed by atoms with Crippen LogP contribution < -0.4 is 0 Å². The van der Waals surface area contributed by atoms with E-state index in [0.29, 0.717) is 3.58 Å². The molecular weight excluding hydrogens is 281 g/mol. The van der Waals surface area contributed by atoms with Crippen molar-refractivity contribution in [3.8, 4) is 0 Å². The summed E-state index contributed by atoms with van der Waals surface area (Å²) in [6.07, 6.45) is 1.02. The van der Waals surface area contributed by atoms with Crippen LogP contribution in [0.5, 0.6) is 0 Å². The Bertz CT molecular complexity index is 360. The van der Waals surface area contributed by atoms with E-state index in [-0.39, 0.29) is 0 Å². The van der Waals surface area contributed by atoms with E-state index >= 15 is 0 Å². The Hall–Kier alpha value is -0.910. The Balaban J connectivity index is 3.08. The van der Waals surface area contributed by atoms with Crippen molar-refractivity contribution in [2.75, 3.05) is 0 Å². The molecule has 0 fully saturated rings. The predicted molar refractivity (Wildman–Crippen MR) is 60.2 cm³/mol. The summed E-state index contributed by atoms with van der Waals surface area (Å²) < 4.78 is 0.653. The van der Waals surface area contributed by atoms with Gasteiger partial charge in [-0.15, -0.1) is 0 Å². The van der Waals surface area contributed by atoms with Crippen molar-refractivity contribution < 1.29 is 4.92 Å². The van der Waals surface area contributed by atoms with Gasteiger partial charge >= 0.3 is 0 Å². The maximum atomic E-state index is 10.2. The number of rotatable bonds is 2. The third-order valence-electron chi connectivity index (χ3n) is 1.62. The molecule has 68 valence electrons. The molecule has 0 aliphatic rings. The summed E-state index contributed by atoms with van der Waals surface area (Å²) in [5.41, 5.74) is 1.96. The van der Waals surface area contributed by atoms with Gasteiger partial charge in [0, 0.05) is 0 Å². The summed E-state index contributed by atoms with van der Waals surface area (Å²) in [4.78, 5) is 9.78. The second-order valence-electron chi connectivity index (χ2n) is 2.58. The third-order valence-corrected chi connectivity index (χ3v) is 2.48. The van der Waals surface area contributed by atoms with E-state index in [4.69, 9.17) is 0 Å². The molecule has 13 heavy (non-hydrogen) atoms. The lowest BCUT2D eigenvalue weighted by molar-refractivity contribution is -0.401. The van der Waals surface area contributed by atoms with E-state index in [1.807, 2.05) is 53.8 Å². The molecule has 1 aromatic carbocycles. The van der Waals surface area contributed by atoms with E-state index in [9.17, 15) is 10.1 Å². The maximum absolute atomic E-state index is 10.2. The molecular formula is C9H8INO2. The van der Waals surface area contributed by atoms with Crippen LogP contribution in [0.1, 0.15) is 11.1 Å². The van der Waals surface area contributed by atoms with E-state index in [1.165, 1.54) is 0 Å². The van der Waals surface area contributed by atoms with Gasteiger partial charge in [0.2, 0.25) is 6.20 Å². The van der Waals surface area contributed by atoms with Crippen LogP contribution in [0.15, 0.2) is 30.5 Å². The van der Waals surface area contributed by atoms with Gasteiger partial charge in [-0.3, -0.25) is 10.1 Å². The molecule has 0 saturated carbocycles. The lowest BCUT2D eigenvalue weighted by atomic mass is 10.1. The molecule has 0 amide bonds. The van der Waals surface area contributed by atoms with Crippen molar-refractivity contribution in [3.05, 3.63) is 51.7 Å². The molecule has 0 heterocycles. The average molecular weight is 289 g/mol. The van der Waals surface area contributed by atoms with Crippen LogP contribution in [0, 0.1) is 17.0 Å². The van der Waals surface area contributed by atoms with Gasteiger partial charge in [0.05, 0.1) is 8.50 Å². The minimum Gasteiger partial charge on any atom is -0.259 e. The van der Waals surface area contributed by atoms with Crippen molar-refractivity contribution in [2.45, 2.75) is 6.92 Å². The molecule has 0 atom stereocenters. The van der Waals surface area contributed by atoms with Crippen LogP contribution in [-0.4, -0.2) is 4.92 Å². The minimum atomic E-state index is -0.436. The second kappa shape index (κ2) is 4.36. The Morgan fingerprint density at radius 1 is 1.54 bits per heavy atom. The molecule has 0 unspecified atom stereocenters. The van der Waals surface area contributed by atoms with Crippen LogP contribution in [-0.2, 0) is 0 Å². The summed E-state index contributed by atoms with van der Waals surface area (Å²) in [6, 6.07) is 7.59. The van der Waals surface area contributed by atoms with Gasteiger partial charge in [-0.1, -0.05) is 24.3 Å². The van der Waals surface area contributed by atoms with E-state index in [0.717, 1.165) is 17.3 Å². The number of aryl methyl sites for hydroxylation is 1. The van der Waals surface area contributed by atoms with Gasteiger partial charge in [0.15, 0.2) is 0 Å². The summed E-state index contributed by atoms with van der Waals surface area (Å²) in [7, 11) is 0. The fourth-order valence-electron chi connectivity index (χ4n) is 1.00. The normalized spacial score (nSPS) is 11.4. The highest BCUT2D eigenvalue weighted by atomic mass is 127. The molecule has 0 spiro atoms. The van der Waals surface area contributed by atoms with E-state index in [2.05, 4.69) is 0 Å². The largest absolute Gasteiger partial charge is 0.259 e. The molecule has 0 aliphatic carbocycles. The highest BCUT2D eigenvalue weighted by molar-refractivity contribution is 14.1. The molecule has 1 rings (SSSR count).